The molecule has 0 amide bonds. The second kappa shape index (κ2) is 5.55. The summed E-state index contributed by atoms with van der Waals surface area (Å²) < 4.78 is 0. The van der Waals surface area contributed by atoms with Crippen LogP contribution in [0.2, 0.25) is 0 Å². The van der Waals surface area contributed by atoms with Crippen LogP contribution >= 0.6 is 0 Å². The Morgan fingerprint density at radius 2 is 1.42 bits per heavy atom. The molecule has 0 radical (unpaired) electrons. The first-order valence-electron chi connectivity index (χ1n) is 4.81. The fourth-order valence-corrected chi connectivity index (χ4v) is 1.57. The smallest absolute Gasteiger partial charge is 0.0542 e. The largest absolute Gasteiger partial charge is 0.393 e. The number of rotatable bonds is 5. The van der Waals surface area contributed by atoms with Crippen molar-refractivity contribution >= 4 is 0 Å². The number of aliphatic hydroxyl groups is 2. The molecule has 0 fully saturated rings. The van der Waals surface area contributed by atoms with Gasteiger partial charge in [-0.3, -0.25) is 0 Å². The molecule has 0 heterocycles. The minimum Gasteiger partial charge on any atom is -0.393 e. The summed E-state index contributed by atoms with van der Waals surface area (Å²) in [5, 5.41) is 18.5. The van der Waals surface area contributed by atoms with E-state index < -0.39 is 0 Å². The predicted molar refractivity (Wildman–Crippen MR) is 50.9 cm³/mol. The third-order valence-electron chi connectivity index (χ3n) is 2.39. The van der Waals surface area contributed by atoms with Crippen molar-refractivity contribution in [2.24, 2.45) is 11.8 Å². The van der Waals surface area contributed by atoms with E-state index in [2.05, 4.69) is 13.8 Å². The van der Waals surface area contributed by atoms with Crippen LogP contribution in [0.3, 0.4) is 0 Å². The van der Waals surface area contributed by atoms with Crippen molar-refractivity contribution in [3.05, 3.63) is 0 Å². The molecular formula is C10H22O2. The molecule has 0 aromatic heterocycles. The molecule has 0 aromatic rings. The summed E-state index contributed by atoms with van der Waals surface area (Å²) in [6.45, 7) is 7.84. The van der Waals surface area contributed by atoms with Gasteiger partial charge in [-0.2, -0.15) is 0 Å². The lowest BCUT2D eigenvalue weighted by molar-refractivity contribution is 0.0777. The molecule has 3 atom stereocenters. The van der Waals surface area contributed by atoms with E-state index in [0.717, 1.165) is 12.8 Å². The molecular weight excluding hydrogens is 152 g/mol. The Balaban J connectivity index is 3.80. The fraction of sp³-hybridized carbons (Fsp3) is 1.00. The topological polar surface area (TPSA) is 40.5 Å². The number of hydrogen-bond donors (Lipinski definition) is 2. The van der Waals surface area contributed by atoms with Crippen LogP contribution in [0.25, 0.3) is 0 Å². The molecule has 2 nitrogen and oxygen atoms in total. The molecule has 0 rings (SSSR count). The molecule has 2 N–H and O–H groups in total. The Kier molecular flexibility index (Phi) is 5.51. The maximum absolute atomic E-state index is 9.41. The van der Waals surface area contributed by atoms with E-state index in [0.29, 0.717) is 11.8 Å². The molecule has 0 aliphatic rings. The van der Waals surface area contributed by atoms with Gasteiger partial charge in [0.15, 0.2) is 0 Å². The summed E-state index contributed by atoms with van der Waals surface area (Å²) >= 11 is 0. The van der Waals surface area contributed by atoms with Crippen molar-refractivity contribution in [2.45, 2.75) is 52.7 Å². The van der Waals surface area contributed by atoms with Crippen molar-refractivity contribution in [1.82, 2.24) is 0 Å². The molecule has 0 spiro atoms. The first-order chi connectivity index (χ1) is 5.45. The highest BCUT2D eigenvalue weighted by Crippen LogP contribution is 2.21. The molecule has 0 aliphatic carbocycles. The van der Waals surface area contributed by atoms with E-state index in [1.54, 1.807) is 6.92 Å². The van der Waals surface area contributed by atoms with Crippen LogP contribution < -0.4 is 0 Å². The molecule has 3 unspecified atom stereocenters. The van der Waals surface area contributed by atoms with Crippen LogP contribution in [0.15, 0.2) is 0 Å². The Morgan fingerprint density at radius 3 is 1.67 bits per heavy atom. The molecule has 0 aliphatic heterocycles. The molecule has 0 saturated heterocycles. The van der Waals surface area contributed by atoms with Crippen molar-refractivity contribution in [3.63, 3.8) is 0 Å². The quantitative estimate of drug-likeness (QED) is 0.667. The molecule has 74 valence electrons. The predicted octanol–water partition coefficient (Wildman–Crippen LogP) is 1.80. The summed E-state index contributed by atoms with van der Waals surface area (Å²) in [6, 6.07) is 0. The minimum atomic E-state index is -0.260. The summed E-state index contributed by atoms with van der Waals surface area (Å²) in [7, 11) is 0. The highest BCUT2D eigenvalue weighted by molar-refractivity contribution is 4.69. The van der Waals surface area contributed by atoms with Gasteiger partial charge in [0.25, 0.3) is 0 Å². The highest BCUT2D eigenvalue weighted by Gasteiger charge is 2.18. The minimum absolute atomic E-state index is 0.245. The van der Waals surface area contributed by atoms with Gasteiger partial charge >= 0.3 is 0 Å². The van der Waals surface area contributed by atoms with Gasteiger partial charge in [0.2, 0.25) is 0 Å². The van der Waals surface area contributed by atoms with Crippen LogP contribution in [0.1, 0.15) is 40.5 Å². The lowest BCUT2D eigenvalue weighted by Gasteiger charge is -2.24. The van der Waals surface area contributed by atoms with Crippen LogP contribution in [0, 0.1) is 11.8 Å². The fourth-order valence-electron chi connectivity index (χ4n) is 1.57. The number of hydrogen-bond acceptors (Lipinski definition) is 2. The van der Waals surface area contributed by atoms with E-state index >= 15 is 0 Å². The van der Waals surface area contributed by atoms with Gasteiger partial charge in [-0.05, 0) is 38.5 Å². The van der Waals surface area contributed by atoms with Crippen molar-refractivity contribution < 1.29 is 10.2 Å². The van der Waals surface area contributed by atoms with E-state index in [1.165, 1.54) is 0 Å². The zero-order chi connectivity index (χ0) is 9.72. The number of aliphatic hydroxyl groups excluding tert-OH is 2. The average Bonchev–Trinajstić information content (AvgIpc) is 1.84. The van der Waals surface area contributed by atoms with Gasteiger partial charge in [0.05, 0.1) is 12.2 Å². The first-order valence-corrected chi connectivity index (χ1v) is 4.81. The van der Waals surface area contributed by atoms with Crippen LogP contribution in [0.5, 0.6) is 0 Å². The van der Waals surface area contributed by atoms with E-state index in [9.17, 15) is 5.11 Å². The van der Waals surface area contributed by atoms with E-state index in [4.69, 9.17) is 5.11 Å². The van der Waals surface area contributed by atoms with Gasteiger partial charge in [-0.25, -0.2) is 0 Å². The Bertz CT molecular complexity index is 100. The Labute approximate surface area is 75.6 Å². The van der Waals surface area contributed by atoms with Crippen LogP contribution in [-0.4, -0.2) is 22.4 Å². The van der Waals surface area contributed by atoms with E-state index in [1.807, 2.05) is 6.92 Å². The summed E-state index contributed by atoms with van der Waals surface area (Å²) in [5.74, 6) is 0.809. The Hall–Kier alpha value is -0.0800. The maximum atomic E-state index is 9.41. The standard InChI is InChI=1S/C10H22O2/c1-7(2)10(9(4)12)6-5-8(3)11/h7-12H,5-6H2,1-4H3. The summed E-state index contributed by atoms with van der Waals surface area (Å²) in [4.78, 5) is 0. The lowest BCUT2D eigenvalue weighted by atomic mass is 9.86. The third kappa shape index (κ3) is 4.73. The van der Waals surface area contributed by atoms with Crippen molar-refractivity contribution in [1.29, 1.82) is 0 Å². The molecule has 2 heteroatoms. The average molecular weight is 174 g/mol. The molecule has 0 bridgehead atoms. The van der Waals surface area contributed by atoms with Gasteiger partial charge in [0.1, 0.15) is 0 Å². The van der Waals surface area contributed by atoms with Gasteiger partial charge in [-0.15, -0.1) is 0 Å². The summed E-state index contributed by atoms with van der Waals surface area (Å²) in [5.41, 5.74) is 0. The Morgan fingerprint density at radius 1 is 0.917 bits per heavy atom. The zero-order valence-electron chi connectivity index (χ0n) is 8.62. The lowest BCUT2D eigenvalue weighted by Crippen LogP contribution is -2.23. The normalized spacial score (nSPS) is 19.2. The third-order valence-corrected chi connectivity index (χ3v) is 2.39. The van der Waals surface area contributed by atoms with Crippen molar-refractivity contribution in [2.75, 3.05) is 0 Å². The zero-order valence-corrected chi connectivity index (χ0v) is 8.62. The second-order valence-corrected chi connectivity index (χ2v) is 4.07. The van der Waals surface area contributed by atoms with Crippen LogP contribution in [-0.2, 0) is 0 Å². The molecule has 0 aromatic carbocycles. The van der Waals surface area contributed by atoms with Crippen molar-refractivity contribution in [3.8, 4) is 0 Å². The summed E-state index contributed by atoms with van der Waals surface area (Å²) in [6.07, 6.45) is 1.19. The van der Waals surface area contributed by atoms with Gasteiger partial charge in [-0.1, -0.05) is 13.8 Å². The highest BCUT2D eigenvalue weighted by atomic mass is 16.3. The van der Waals surface area contributed by atoms with E-state index in [-0.39, 0.29) is 12.2 Å². The monoisotopic (exact) mass is 174 g/mol. The van der Waals surface area contributed by atoms with Crippen LogP contribution in [0.4, 0.5) is 0 Å². The molecule has 0 saturated carbocycles. The van der Waals surface area contributed by atoms with Gasteiger partial charge < -0.3 is 10.2 Å². The second-order valence-electron chi connectivity index (χ2n) is 4.07. The SMILES string of the molecule is CC(O)CCC(C(C)C)C(C)O. The van der Waals surface area contributed by atoms with Gasteiger partial charge in [0, 0.05) is 0 Å². The molecule has 12 heavy (non-hydrogen) atoms. The first kappa shape index (κ1) is 11.9. The maximum Gasteiger partial charge on any atom is 0.0542 e.